The average Bonchev–Trinajstić information content (AvgIpc) is 2.35. The SMILES string of the molecule is CCC(N)C(O)(c1ccccc1OC)C(F)(F)F. The molecule has 0 aliphatic heterocycles. The largest absolute Gasteiger partial charge is 0.496 e. The van der Waals surface area contributed by atoms with Gasteiger partial charge >= 0.3 is 6.18 Å². The number of aliphatic hydroxyl groups is 1. The molecule has 1 aromatic carbocycles. The molecule has 3 N–H and O–H groups in total. The average molecular weight is 263 g/mol. The zero-order chi connectivity index (χ0) is 14.0. The van der Waals surface area contributed by atoms with E-state index in [2.05, 4.69) is 0 Å². The Hall–Kier alpha value is -1.27. The van der Waals surface area contributed by atoms with Crippen LogP contribution < -0.4 is 10.5 Å². The highest BCUT2D eigenvalue weighted by Crippen LogP contribution is 2.45. The van der Waals surface area contributed by atoms with Crippen molar-refractivity contribution < 1.29 is 23.0 Å². The van der Waals surface area contributed by atoms with Gasteiger partial charge in [-0.25, -0.2) is 0 Å². The van der Waals surface area contributed by atoms with E-state index in [-0.39, 0.29) is 17.7 Å². The van der Waals surface area contributed by atoms with E-state index >= 15 is 0 Å². The lowest BCUT2D eigenvalue weighted by Gasteiger charge is -2.36. The van der Waals surface area contributed by atoms with Crippen LogP contribution in [-0.4, -0.2) is 24.4 Å². The van der Waals surface area contributed by atoms with Crippen molar-refractivity contribution in [1.82, 2.24) is 0 Å². The van der Waals surface area contributed by atoms with E-state index < -0.39 is 17.8 Å². The third-order valence-electron chi connectivity index (χ3n) is 2.93. The molecule has 6 heteroatoms. The third-order valence-corrected chi connectivity index (χ3v) is 2.93. The molecule has 1 aromatic rings. The number of benzene rings is 1. The molecule has 1 rings (SSSR count). The van der Waals surface area contributed by atoms with Crippen LogP contribution in [0.1, 0.15) is 18.9 Å². The van der Waals surface area contributed by atoms with Crippen LogP contribution >= 0.6 is 0 Å². The van der Waals surface area contributed by atoms with Crippen LogP contribution in [-0.2, 0) is 5.60 Å². The maximum atomic E-state index is 13.2. The highest BCUT2D eigenvalue weighted by atomic mass is 19.4. The first-order valence-electron chi connectivity index (χ1n) is 5.47. The maximum Gasteiger partial charge on any atom is 0.423 e. The summed E-state index contributed by atoms with van der Waals surface area (Å²) in [7, 11) is 1.24. The lowest BCUT2D eigenvalue weighted by molar-refractivity contribution is -0.275. The Morgan fingerprint density at radius 3 is 2.33 bits per heavy atom. The minimum atomic E-state index is -4.88. The van der Waals surface area contributed by atoms with Gasteiger partial charge < -0.3 is 15.6 Å². The molecule has 0 bridgehead atoms. The summed E-state index contributed by atoms with van der Waals surface area (Å²) in [6.07, 6.45) is -4.90. The molecule has 0 aliphatic rings. The molecule has 0 saturated heterocycles. The number of rotatable bonds is 4. The molecule has 2 unspecified atom stereocenters. The number of hydrogen-bond donors (Lipinski definition) is 2. The molecule has 0 spiro atoms. The van der Waals surface area contributed by atoms with Crippen LogP contribution in [0.25, 0.3) is 0 Å². The molecule has 0 heterocycles. The van der Waals surface area contributed by atoms with E-state index in [0.717, 1.165) is 0 Å². The Morgan fingerprint density at radius 1 is 1.33 bits per heavy atom. The number of halogens is 3. The fourth-order valence-corrected chi connectivity index (χ4v) is 1.82. The standard InChI is InChI=1S/C12H16F3NO2/c1-3-10(16)11(17,12(13,14)15)8-6-4-5-7-9(8)18-2/h4-7,10,17H,3,16H2,1-2H3. The smallest absolute Gasteiger partial charge is 0.423 e. The number of methoxy groups -OCH3 is 1. The van der Waals surface area contributed by atoms with Crippen molar-refractivity contribution in [3.63, 3.8) is 0 Å². The van der Waals surface area contributed by atoms with Gasteiger partial charge in [0, 0.05) is 11.6 Å². The second-order valence-electron chi connectivity index (χ2n) is 3.98. The number of alkyl halides is 3. The zero-order valence-corrected chi connectivity index (χ0v) is 10.2. The Morgan fingerprint density at radius 2 is 1.89 bits per heavy atom. The van der Waals surface area contributed by atoms with E-state index in [4.69, 9.17) is 10.5 Å². The van der Waals surface area contributed by atoms with Gasteiger partial charge in [0.25, 0.3) is 0 Å². The maximum absolute atomic E-state index is 13.2. The fraction of sp³-hybridized carbons (Fsp3) is 0.500. The Kier molecular flexibility index (Phi) is 4.24. The molecule has 0 saturated carbocycles. The molecular formula is C12H16F3NO2. The Labute approximate surface area is 103 Å². The molecule has 0 amide bonds. The van der Waals surface area contributed by atoms with Crippen LogP contribution in [0, 0.1) is 0 Å². The summed E-state index contributed by atoms with van der Waals surface area (Å²) >= 11 is 0. The quantitative estimate of drug-likeness (QED) is 0.875. The number of hydrogen-bond acceptors (Lipinski definition) is 3. The molecule has 0 aromatic heterocycles. The lowest BCUT2D eigenvalue weighted by Crippen LogP contribution is -2.55. The van der Waals surface area contributed by atoms with Gasteiger partial charge in [-0.15, -0.1) is 0 Å². The molecule has 18 heavy (non-hydrogen) atoms. The first-order valence-corrected chi connectivity index (χ1v) is 5.47. The summed E-state index contributed by atoms with van der Waals surface area (Å²) in [6.45, 7) is 1.48. The molecule has 0 aliphatic carbocycles. The summed E-state index contributed by atoms with van der Waals surface area (Å²) in [6, 6.07) is 3.98. The van der Waals surface area contributed by atoms with Gasteiger partial charge in [0.05, 0.1) is 7.11 Å². The van der Waals surface area contributed by atoms with E-state index in [0.29, 0.717) is 0 Å². The zero-order valence-electron chi connectivity index (χ0n) is 10.2. The first kappa shape index (κ1) is 14.8. The second kappa shape index (κ2) is 5.16. The Balaban J connectivity index is 3.44. The van der Waals surface area contributed by atoms with Gasteiger partial charge in [-0.05, 0) is 12.5 Å². The predicted octanol–water partition coefficient (Wildman–Crippen LogP) is 2.18. The van der Waals surface area contributed by atoms with E-state index in [1.807, 2.05) is 0 Å². The summed E-state index contributed by atoms with van der Waals surface area (Å²) in [5, 5.41) is 10.1. The van der Waals surface area contributed by atoms with Crippen molar-refractivity contribution >= 4 is 0 Å². The summed E-state index contributed by atoms with van der Waals surface area (Å²) in [4.78, 5) is 0. The molecule has 0 radical (unpaired) electrons. The van der Waals surface area contributed by atoms with E-state index in [9.17, 15) is 18.3 Å². The molecular weight excluding hydrogens is 247 g/mol. The van der Waals surface area contributed by atoms with Crippen LogP contribution in [0.2, 0.25) is 0 Å². The van der Waals surface area contributed by atoms with Gasteiger partial charge in [-0.3, -0.25) is 0 Å². The van der Waals surface area contributed by atoms with Crippen LogP contribution in [0.5, 0.6) is 5.75 Å². The summed E-state index contributed by atoms with van der Waals surface area (Å²) in [5.74, 6) is -0.0405. The van der Waals surface area contributed by atoms with Crippen molar-refractivity contribution in [3.05, 3.63) is 29.8 Å². The number of ether oxygens (including phenoxy) is 1. The first-order chi connectivity index (χ1) is 8.29. The lowest BCUT2D eigenvalue weighted by atomic mass is 9.84. The minimum absolute atomic E-state index is 0.0198. The van der Waals surface area contributed by atoms with Gasteiger partial charge in [0.2, 0.25) is 5.60 Å². The van der Waals surface area contributed by atoms with Gasteiger partial charge in [-0.2, -0.15) is 13.2 Å². The monoisotopic (exact) mass is 263 g/mol. The number of nitrogens with two attached hydrogens (primary N) is 1. The summed E-state index contributed by atoms with van der Waals surface area (Å²) < 4.78 is 44.3. The van der Waals surface area contributed by atoms with E-state index in [1.165, 1.54) is 38.3 Å². The minimum Gasteiger partial charge on any atom is -0.496 e. The van der Waals surface area contributed by atoms with Gasteiger partial charge in [-0.1, -0.05) is 25.1 Å². The third kappa shape index (κ3) is 2.30. The molecule has 102 valence electrons. The van der Waals surface area contributed by atoms with Crippen molar-refractivity contribution in [2.45, 2.75) is 31.2 Å². The fourth-order valence-electron chi connectivity index (χ4n) is 1.82. The molecule has 3 nitrogen and oxygen atoms in total. The normalized spacial score (nSPS) is 17.1. The topological polar surface area (TPSA) is 55.5 Å². The highest BCUT2D eigenvalue weighted by molar-refractivity contribution is 5.40. The van der Waals surface area contributed by atoms with Gasteiger partial charge in [0.1, 0.15) is 5.75 Å². The predicted molar refractivity (Wildman–Crippen MR) is 61.2 cm³/mol. The summed E-state index contributed by atoms with van der Waals surface area (Å²) in [5.41, 5.74) is 1.98. The molecule has 2 atom stereocenters. The van der Waals surface area contributed by atoms with Crippen molar-refractivity contribution in [2.24, 2.45) is 5.73 Å². The number of para-hydroxylation sites is 1. The van der Waals surface area contributed by atoms with Crippen LogP contribution in [0.3, 0.4) is 0 Å². The van der Waals surface area contributed by atoms with Crippen molar-refractivity contribution in [3.8, 4) is 5.75 Å². The Bertz CT molecular complexity index is 409. The van der Waals surface area contributed by atoms with Crippen LogP contribution in [0.4, 0.5) is 13.2 Å². The van der Waals surface area contributed by atoms with Crippen molar-refractivity contribution in [2.75, 3.05) is 7.11 Å². The van der Waals surface area contributed by atoms with Gasteiger partial charge in [0.15, 0.2) is 0 Å². The van der Waals surface area contributed by atoms with Crippen LogP contribution in [0.15, 0.2) is 24.3 Å². The van der Waals surface area contributed by atoms with Crippen molar-refractivity contribution in [1.29, 1.82) is 0 Å². The molecule has 0 fully saturated rings. The second-order valence-corrected chi connectivity index (χ2v) is 3.98. The highest BCUT2D eigenvalue weighted by Gasteiger charge is 2.59. The van der Waals surface area contributed by atoms with E-state index in [1.54, 1.807) is 0 Å².